The van der Waals surface area contributed by atoms with Crippen LogP contribution in [-0.4, -0.2) is 15.5 Å². The molecule has 2 aromatic rings. The molecule has 0 unspecified atom stereocenters. The quantitative estimate of drug-likeness (QED) is 0.945. The average Bonchev–Trinajstić information content (AvgIpc) is 2.63. The summed E-state index contributed by atoms with van der Waals surface area (Å²) in [5, 5.41) is 3.53. The summed E-state index contributed by atoms with van der Waals surface area (Å²) in [6.45, 7) is 1.88. The highest BCUT2D eigenvalue weighted by molar-refractivity contribution is 6.39. The highest BCUT2D eigenvalue weighted by Gasteiger charge is 2.12. The molecule has 0 saturated carbocycles. The molecule has 0 fully saturated rings. The van der Waals surface area contributed by atoms with Gasteiger partial charge in [-0.1, -0.05) is 29.3 Å². The Morgan fingerprint density at radius 3 is 2.53 bits per heavy atom. The maximum Gasteiger partial charge on any atom is 0.230 e. The number of aryl methyl sites for hydroxylation is 2. The minimum Gasteiger partial charge on any atom is -0.338 e. The van der Waals surface area contributed by atoms with Crippen molar-refractivity contribution in [1.29, 1.82) is 0 Å². The van der Waals surface area contributed by atoms with Crippen LogP contribution < -0.4 is 5.32 Å². The van der Waals surface area contributed by atoms with Gasteiger partial charge in [-0.25, -0.2) is 4.98 Å². The van der Waals surface area contributed by atoms with Crippen molar-refractivity contribution in [1.82, 2.24) is 9.55 Å². The number of aromatic nitrogens is 2. The molecule has 1 heterocycles. The van der Waals surface area contributed by atoms with E-state index in [1.54, 1.807) is 18.2 Å². The predicted molar refractivity (Wildman–Crippen MR) is 76.7 cm³/mol. The van der Waals surface area contributed by atoms with Gasteiger partial charge in [0.25, 0.3) is 0 Å². The molecule has 19 heavy (non-hydrogen) atoms. The molecule has 1 aromatic carbocycles. The SMILES string of the molecule is Cc1nc(CC(=O)Nc2c(Cl)cccc2Cl)cn1C. The number of carbonyl (C=O) groups excluding carboxylic acids is 1. The number of rotatable bonds is 3. The number of carbonyl (C=O) groups is 1. The number of para-hydroxylation sites is 1. The molecule has 0 bridgehead atoms. The molecule has 1 N–H and O–H groups in total. The van der Waals surface area contributed by atoms with Gasteiger partial charge in [0.15, 0.2) is 0 Å². The molecule has 6 heteroatoms. The summed E-state index contributed by atoms with van der Waals surface area (Å²) in [4.78, 5) is 16.2. The van der Waals surface area contributed by atoms with E-state index >= 15 is 0 Å². The van der Waals surface area contributed by atoms with Gasteiger partial charge in [-0.3, -0.25) is 4.79 Å². The maximum absolute atomic E-state index is 11.9. The molecular formula is C13H13Cl2N3O. The lowest BCUT2D eigenvalue weighted by Crippen LogP contribution is -2.15. The van der Waals surface area contributed by atoms with Crippen LogP contribution in [0.5, 0.6) is 0 Å². The van der Waals surface area contributed by atoms with E-state index in [4.69, 9.17) is 23.2 Å². The molecule has 0 aliphatic heterocycles. The van der Waals surface area contributed by atoms with Gasteiger partial charge < -0.3 is 9.88 Å². The van der Waals surface area contributed by atoms with Crippen molar-refractivity contribution in [2.75, 3.05) is 5.32 Å². The van der Waals surface area contributed by atoms with Gasteiger partial charge in [0.05, 0.1) is 27.8 Å². The first-order chi connectivity index (χ1) is 8.97. The fraction of sp³-hybridized carbons (Fsp3) is 0.231. The van der Waals surface area contributed by atoms with Crippen molar-refractivity contribution in [3.05, 3.63) is 46.0 Å². The first-order valence-corrected chi connectivity index (χ1v) is 6.45. The first kappa shape index (κ1) is 13.9. The molecule has 2 rings (SSSR count). The lowest BCUT2D eigenvalue weighted by molar-refractivity contribution is -0.115. The summed E-state index contributed by atoms with van der Waals surface area (Å²) in [5.41, 5.74) is 1.14. The second-order valence-corrected chi connectivity index (χ2v) is 5.03. The summed E-state index contributed by atoms with van der Waals surface area (Å²) in [5.74, 6) is 0.659. The number of nitrogens with one attached hydrogen (secondary N) is 1. The van der Waals surface area contributed by atoms with Crippen molar-refractivity contribution in [3.8, 4) is 0 Å². The summed E-state index contributed by atoms with van der Waals surface area (Å²) < 4.78 is 1.87. The topological polar surface area (TPSA) is 46.9 Å². The Hall–Kier alpha value is -1.52. The van der Waals surface area contributed by atoms with E-state index in [9.17, 15) is 4.79 Å². The van der Waals surface area contributed by atoms with Gasteiger partial charge >= 0.3 is 0 Å². The molecule has 4 nitrogen and oxygen atoms in total. The fourth-order valence-electron chi connectivity index (χ4n) is 1.68. The number of anilines is 1. The lowest BCUT2D eigenvalue weighted by Gasteiger charge is -2.08. The van der Waals surface area contributed by atoms with E-state index in [1.807, 2.05) is 24.7 Å². The van der Waals surface area contributed by atoms with Gasteiger partial charge in [0, 0.05) is 13.2 Å². The third-order valence-electron chi connectivity index (χ3n) is 2.73. The fourth-order valence-corrected chi connectivity index (χ4v) is 2.17. The zero-order chi connectivity index (χ0) is 14.0. The largest absolute Gasteiger partial charge is 0.338 e. The molecule has 0 saturated heterocycles. The molecule has 0 aliphatic carbocycles. The molecule has 0 aliphatic rings. The Morgan fingerprint density at radius 2 is 2.00 bits per heavy atom. The zero-order valence-electron chi connectivity index (χ0n) is 10.6. The molecular weight excluding hydrogens is 285 g/mol. The summed E-state index contributed by atoms with van der Waals surface area (Å²) in [7, 11) is 1.88. The second kappa shape index (κ2) is 5.63. The Bertz CT molecular complexity index is 583. The Balaban J connectivity index is 2.09. The summed E-state index contributed by atoms with van der Waals surface area (Å²) >= 11 is 12.0. The number of hydrogen-bond acceptors (Lipinski definition) is 2. The third kappa shape index (κ3) is 3.28. The van der Waals surface area contributed by atoms with E-state index in [2.05, 4.69) is 10.3 Å². The van der Waals surface area contributed by atoms with E-state index in [-0.39, 0.29) is 12.3 Å². The Kier molecular flexibility index (Phi) is 4.12. The number of amides is 1. The number of imidazole rings is 1. The monoisotopic (exact) mass is 297 g/mol. The van der Waals surface area contributed by atoms with Gasteiger partial charge in [-0.2, -0.15) is 0 Å². The van der Waals surface area contributed by atoms with Crippen molar-refractivity contribution >= 4 is 34.8 Å². The minimum absolute atomic E-state index is 0.184. The van der Waals surface area contributed by atoms with Crippen molar-refractivity contribution in [2.24, 2.45) is 7.05 Å². The van der Waals surface area contributed by atoms with Crippen LogP contribution in [0.25, 0.3) is 0 Å². The smallest absolute Gasteiger partial charge is 0.230 e. The molecule has 0 spiro atoms. The van der Waals surface area contributed by atoms with E-state index in [0.717, 1.165) is 5.82 Å². The van der Waals surface area contributed by atoms with Crippen LogP contribution in [0, 0.1) is 6.92 Å². The Morgan fingerprint density at radius 1 is 1.37 bits per heavy atom. The van der Waals surface area contributed by atoms with Crippen LogP contribution in [0.2, 0.25) is 10.0 Å². The highest BCUT2D eigenvalue weighted by atomic mass is 35.5. The second-order valence-electron chi connectivity index (χ2n) is 4.21. The lowest BCUT2D eigenvalue weighted by atomic mass is 10.2. The van der Waals surface area contributed by atoms with Crippen LogP contribution in [0.4, 0.5) is 5.69 Å². The van der Waals surface area contributed by atoms with Gasteiger partial charge in [-0.05, 0) is 19.1 Å². The predicted octanol–water partition coefficient (Wildman–Crippen LogP) is 3.22. The van der Waals surface area contributed by atoms with Gasteiger partial charge in [0.1, 0.15) is 5.82 Å². The number of halogens is 2. The van der Waals surface area contributed by atoms with Crippen LogP contribution in [0.3, 0.4) is 0 Å². The summed E-state index contributed by atoms with van der Waals surface area (Å²) in [6, 6.07) is 5.07. The molecule has 100 valence electrons. The van der Waals surface area contributed by atoms with Crippen LogP contribution in [0.15, 0.2) is 24.4 Å². The van der Waals surface area contributed by atoms with E-state index < -0.39 is 0 Å². The van der Waals surface area contributed by atoms with E-state index in [0.29, 0.717) is 21.4 Å². The minimum atomic E-state index is -0.201. The number of benzene rings is 1. The molecule has 1 amide bonds. The van der Waals surface area contributed by atoms with Gasteiger partial charge in [-0.15, -0.1) is 0 Å². The van der Waals surface area contributed by atoms with Crippen molar-refractivity contribution < 1.29 is 4.79 Å². The van der Waals surface area contributed by atoms with Crippen LogP contribution in [-0.2, 0) is 18.3 Å². The average molecular weight is 298 g/mol. The standard InChI is InChI=1S/C13H13Cl2N3O/c1-8-16-9(7-18(8)2)6-12(19)17-13-10(14)4-3-5-11(13)15/h3-5,7H,6H2,1-2H3,(H,17,19). The third-order valence-corrected chi connectivity index (χ3v) is 3.36. The van der Waals surface area contributed by atoms with Crippen molar-refractivity contribution in [3.63, 3.8) is 0 Å². The van der Waals surface area contributed by atoms with Gasteiger partial charge in [0.2, 0.25) is 5.91 Å². The number of hydrogen-bond donors (Lipinski definition) is 1. The Labute approximate surface area is 121 Å². The molecule has 1 aromatic heterocycles. The van der Waals surface area contributed by atoms with E-state index in [1.165, 1.54) is 0 Å². The normalized spacial score (nSPS) is 10.5. The van der Waals surface area contributed by atoms with Crippen molar-refractivity contribution in [2.45, 2.75) is 13.3 Å². The number of nitrogens with zero attached hydrogens (tertiary/aromatic N) is 2. The van der Waals surface area contributed by atoms with Crippen LogP contribution in [0.1, 0.15) is 11.5 Å². The molecule has 0 atom stereocenters. The zero-order valence-corrected chi connectivity index (χ0v) is 12.1. The highest BCUT2D eigenvalue weighted by Crippen LogP contribution is 2.29. The van der Waals surface area contributed by atoms with Crippen LogP contribution >= 0.6 is 23.2 Å². The molecule has 0 radical (unpaired) electrons. The summed E-state index contributed by atoms with van der Waals surface area (Å²) in [6.07, 6.45) is 2.01. The maximum atomic E-state index is 11.9. The first-order valence-electron chi connectivity index (χ1n) is 5.70.